The lowest BCUT2D eigenvalue weighted by molar-refractivity contribution is -0.118. The Balaban J connectivity index is 1.58. The first-order valence-corrected chi connectivity index (χ1v) is 12.3. The number of benzene rings is 2. The average Bonchev–Trinajstić information content (AvgIpc) is 2.73. The molecule has 0 radical (unpaired) electrons. The van der Waals surface area contributed by atoms with E-state index in [0.29, 0.717) is 20.9 Å². The second-order valence-electron chi connectivity index (χ2n) is 7.25. The highest BCUT2D eigenvalue weighted by molar-refractivity contribution is 9.10. The van der Waals surface area contributed by atoms with Gasteiger partial charge in [0.15, 0.2) is 6.61 Å². The molecule has 9 heteroatoms. The lowest BCUT2D eigenvalue weighted by Crippen LogP contribution is -2.38. The summed E-state index contributed by atoms with van der Waals surface area (Å²) in [6, 6.07) is 11.3. The monoisotopic (exact) mass is 514 g/mol. The van der Waals surface area contributed by atoms with E-state index in [1.807, 2.05) is 0 Å². The van der Waals surface area contributed by atoms with Gasteiger partial charge in [-0.15, -0.1) is 0 Å². The van der Waals surface area contributed by atoms with Crippen LogP contribution in [-0.2, 0) is 14.8 Å². The maximum Gasteiger partial charge on any atom is 0.262 e. The van der Waals surface area contributed by atoms with Crippen molar-refractivity contribution in [3.63, 3.8) is 0 Å². The molecular formula is C21H24BrClN2O4S. The van der Waals surface area contributed by atoms with Crippen LogP contribution in [0.4, 0.5) is 5.69 Å². The molecule has 0 atom stereocenters. The van der Waals surface area contributed by atoms with E-state index in [1.165, 1.54) is 16.4 Å². The fraction of sp³-hybridized carbons (Fsp3) is 0.381. The van der Waals surface area contributed by atoms with Crippen molar-refractivity contribution in [3.05, 3.63) is 52.0 Å². The van der Waals surface area contributed by atoms with Crippen LogP contribution in [0.2, 0.25) is 5.02 Å². The molecule has 1 aliphatic rings. The Kier molecular flexibility index (Phi) is 7.79. The molecule has 0 heterocycles. The van der Waals surface area contributed by atoms with Crippen LogP contribution in [0, 0.1) is 0 Å². The van der Waals surface area contributed by atoms with E-state index >= 15 is 0 Å². The molecule has 1 N–H and O–H groups in total. The fourth-order valence-electron chi connectivity index (χ4n) is 3.45. The summed E-state index contributed by atoms with van der Waals surface area (Å²) in [6.45, 7) is -0.190. The van der Waals surface area contributed by atoms with Gasteiger partial charge in [-0.25, -0.2) is 8.42 Å². The summed E-state index contributed by atoms with van der Waals surface area (Å²) < 4.78 is 33.4. The average molecular weight is 516 g/mol. The van der Waals surface area contributed by atoms with E-state index < -0.39 is 10.0 Å². The van der Waals surface area contributed by atoms with Crippen molar-refractivity contribution in [2.75, 3.05) is 19.0 Å². The van der Waals surface area contributed by atoms with Crippen molar-refractivity contribution in [1.82, 2.24) is 4.31 Å². The molecular weight excluding hydrogens is 492 g/mol. The maximum atomic E-state index is 12.9. The van der Waals surface area contributed by atoms with Crippen molar-refractivity contribution in [2.45, 2.75) is 43.0 Å². The number of amides is 1. The van der Waals surface area contributed by atoms with E-state index in [2.05, 4.69) is 21.2 Å². The third kappa shape index (κ3) is 5.75. The van der Waals surface area contributed by atoms with Gasteiger partial charge in [-0.1, -0.05) is 30.9 Å². The highest BCUT2D eigenvalue weighted by Gasteiger charge is 2.28. The topological polar surface area (TPSA) is 75.7 Å². The molecule has 1 saturated carbocycles. The molecule has 1 fully saturated rings. The van der Waals surface area contributed by atoms with Crippen LogP contribution in [-0.4, -0.2) is 38.3 Å². The number of anilines is 1. The zero-order valence-electron chi connectivity index (χ0n) is 16.6. The molecule has 162 valence electrons. The van der Waals surface area contributed by atoms with Gasteiger partial charge in [0.05, 0.1) is 9.37 Å². The van der Waals surface area contributed by atoms with Gasteiger partial charge in [0.1, 0.15) is 5.75 Å². The van der Waals surface area contributed by atoms with Crippen molar-refractivity contribution in [1.29, 1.82) is 0 Å². The van der Waals surface area contributed by atoms with Crippen molar-refractivity contribution in [2.24, 2.45) is 0 Å². The van der Waals surface area contributed by atoms with Gasteiger partial charge in [-0.3, -0.25) is 4.79 Å². The smallest absolute Gasteiger partial charge is 0.262 e. The lowest BCUT2D eigenvalue weighted by atomic mass is 9.96. The summed E-state index contributed by atoms with van der Waals surface area (Å²) >= 11 is 9.21. The Morgan fingerprint density at radius 2 is 1.83 bits per heavy atom. The summed E-state index contributed by atoms with van der Waals surface area (Å²) in [5.41, 5.74) is 0.498. The number of hydrogen-bond acceptors (Lipinski definition) is 4. The second-order valence-corrected chi connectivity index (χ2v) is 10.5. The van der Waals surface area contributed by atoms with Gasteiger partial charge >= 0.3 is 0 Å². The van der Waals surface area contributed by atoms with Crippen LogP contribution in [0.15, 0.2) is 51.8 Å². The minimum Gasteiger partial charge on any atom is -0.483 e. The Morgan fingerprint density at radius 3 is 2.47 bits per heavy atom. The molecule has 0 saturated heterocycles. The number of nitrogens with zero attached hydrogens (tertiary/aromatic N) is 1. The van der Waals surface area contributed by atoms with Gasteiger partial charge in [0, 0.05) is 23.8 Å². The lowest BCUT2D eigenvalue weighted by Gasteiger charge is -2.30. The predicted octanol–water partition coefficient (Wildman–Crippen LogP) is 5.07. The van der Waals surface area contributed by atoms with E-state index in [4.69, 9.17) is 16.3 Å². The number of carbonyl (C=O) groups excluding carboxylic acids is 1. The number of hydrogen-bond donors (Lipinski definition) is 1. The van der Waals surface area contributed by atoms with Crippen LogP contribution < -0.4 is 10.1 Å². The summed E-state index contributed by atoms with van der Waals surface area (Å²) in [5.74, 6) is 0.147. The molecule has 2 aromatic carbocycles. The summed E-state index contributed by atoms with van der Waals surface area (Å²) in [5, 5.41) is 3.26. The molecule has 6 nitrogen and oxygen atoms in total. The number of sulfonamides is 1. The van der Waals surface area contributed by atoms with Crippen molar-refractivity contribution < 1.29 is 17.9 Å². The summed E-state index contributed by atoms with van der Waals surface area (Å²) in [6.07, 6.45) is 5.08. The normalized spacial score (nSPS) is 15.2. The first kappa shape index (κ1) is 23.1. The summed E-state index contributed by atoms with van der Waals surface area (Å²) in [7, 11) is -1.91. The van der Waals surface area contributed by atoms with Crippen LogP contribution in [0.25, 0.3) is 0 Å². The number of ether oxygens (including phenoxy) is 1. The van der Waals surface area contributed by atoms with Gasteiger partial charge in [-0.2, -0.15) is 4.31 Å². The van der Waals surface area contributed by atoms with E-state index in [-0.39, 0.29) is 23.5 Å². The van der Waals surface area contributed by atoms with Crippen molar-refractivity contribution in [3.8, 4) is 5.75 Å². The molecule has 0 aliphatic heterocycles. The number of nitrogens with one attached hydrogen (secondary N) is 1. The molecule has 0 aromatic heterocycles. The van der Waals surface area contributed by atoms with Crippen LogP contribution in [0.1, 0.15) is 32.1 Å². The molecule has 2 aromatic rings. The number of carbonyl (C=O) groups is 1. The molecule has 3 rings (SSSR count). The minimum atomic E-state index is -3.56. The Hall–Kier alpha value is -1.61. The maximum absolute atomic E-state index is 12.9. The van der Waals surface area contributed by atoms with E-state index in [1.54, 1.807) is 37.4 Å². The summed E-state index contributed by atoms with van der Waals surface area (Å²) in [4.78, 5) is 12.4. The molecule has 0 spiro atoms. The van der Waals surface area contributed by atoms with Crippen LogP contribution in [0.5, 0.6) is 5.75 Å². The standard InChI is InChI=1S/C21H24BrClN2O4S/c1-25(17-5-3-2-4-6-17)30(27,28)18-10-8-16(9-11-18)24-21(26)14-29-20-12-7-15(23)13-19(20)22/h7-13,17H,2-6,14H2,1H3,(H,24,26). The van der Waals surface area contributed by atoms with Gasteiger partial charge in [-0.05, 0) is 71.2 Å². The highest BCUT2D eigenvalue weighted by Crippen LogP contribution is 2.28. The number of rotatable bonds is 7. The molecule has 0 bridgehead atoms. The Labute approximate surface area is 190 Å². The molecule has 1 aliphatic carbocycles. The van der Waals surface area contributed by atoms with Gasteiger partial charge < -0.3 is 10.1 Å². The van der Waals surface area contributed by atoms with Gasteiger partial charge in [0.25, 0.3) is 5.91 Å². The molecule has 0 unspecified atom stereocenters. The third-order valence-electron chi connectivity index (χ3n) is 5.16. The highest BCUT2D eigenvalue weighted by atomic mass is 79.9. The second kappa shape index (κ2) is 10.1. The quantitative estimate of drug-likeness (QED) is 0.558. The Morgan fingerprint density at radius 1 is 1.17 bits per heavy atom. The van der Waals surface area contributed by atoms with Crippen LogP contribution in [0.3, 0.4) is 0 Å². The van der Waals surface area contributed by atoms with Crippen LogP contribution >= 0.6 is 27.5 Å². The molecule has 1 amide bonds. The van der Waals surface area contributed by atoms with Crippen molar-refractivity contribution >= 4 is 49.1 Å². The fourth-order valence-corrected chi connectivity index (χ4v) is 5.66. The zero-order chi connectivity index (χ0) is 21.7. The SMILES string of the molecule is CN(C1CCCCC1)S(=O)(=O)c1ccc(NC(=O)COc2ccc(Cl)cc2Br)cc1. The predicted molar refractivity (Wildman–Crippen MR) is 122 cm³/mol. The molecule has 30 heavy (non-hydrogen) atoms. The zero-order valence-corrected chi connectivity index (χ0v) is 19.8. The van der Waals surface area contributed by atoms with Gasteiger partial charge in [0.2, 0.25) is 10.0 Å². The first-order chi connectivity index (χ1) is 14.3. The van der Waals surface area contributed by atoms with E-state index in [9.17, 15) is 13.2 Å². The number of halogens is 2. The van der Waals surface area contributed by atoms with E-state index in [0.717, 1.165) is 32.1 Å². The first-order valence-electron chi connectivity index (χ1n) is 9.73. The largest absolute Gasteiger partial charge is 0.483 e. The minimum absolute atomic E-state index is 0.0486. The Bertz CT molecular complexity index is 993. The third-order valence-corrected chi connectivity index (χ3v) is 7.94.